The van der Waals surface area contributed by atoms with E-state index in [2.05, 4.69) is 10.1 Å². The van der Waals surface area contributed by atoms with Crippen molar-refractivity contribution in [3.8, 4) is 11.3 Å². The molecule has 0 bridgehead atoms. The van der Waals surface area contributed by atoms with E-state index < -0.39 is 12.1 Å². The SMILES string of the molecule is Cc1nc2cc(-c3cccc(Cl)c3)nn2c(CC(C)C)c1C(O)C(=O)O. The van der Waals surface area contributed by atoms with E-state index in [1.165, 1.54) is 0 Å². The van der Waals surface area contributed by atoms with Crippen molar-refractivity contribution in [3.63, 3.8) is 0 Å². The number of hydrogen-bond acceptors (Lipinski definition) is 4. The number of carbonyl (C=O) groups is 1. The fraction of sp³-hybridized carbons (Fsp3) is 0.316. The number of aliphatic hydroxyl groups is 1. The molecular formula is C19H20ClN3O3. The lowest BCUT2D eigenvalue weighted by Crippen LogP contribution is -2.19. The van der Waals surface area contributed by atoms with Gasteiger partial charge in [-0.05, 0) is 31.4 Å². The predicted molar refractivity (Wildman–Crippen MR) is 99.3 cm³/mol. The highest BCUT2D eigenvalue weighted by molar-refractivity contribution is 6.30. The molecule has 2 aromatic heterocycles. The van der Waals surface area contributed by atoms with Gasteiger partial charge in [-0.2, -0.15) is 5.10 Å². The number of rotatable bonds is 5. The molecule has 3 rings (SSSR count). The van der Waals surface area contributed by atoms with Crippen molar-refractivity contribution in [2.24, 2.45) is 5.92 Å². The molecule has 0 saturated carbocycles. The molecule has 0 aliphatic rings. The van der Waals surface area contributed by atoms with E-state index in [-0.39, 0.29) is 5.92 Å². The molecule has 6 nitrogen and oxygen atoms in total. The molecule has 7 heteroatoms. The second-order valence-electron chi connectivity index (χ2n) is 6.71. The van der Waals surface area contributed by atoms with Crippen molar-refractivity contribution in [1.29, 1.82) is 0 Å². The number of benzene rings is 1. The highest BCUT2D eigenvalue weighted by Gasteiger charge is 2.26. The molecule has 136 valence electrons. The van der Waals surface area contributed by atoms with E-state index in [1.807, 2.05) is 38.1 Å². The van der Waals surface area contributed by atoms with Crippen molar-refractivity contribution in [2.75, 3.05) is 0 Å². The van der Waals surface area contributed by atoms with Gasteiger partial charge in [0.15, 0.2) is 11.8 Å². The number of carboxylic acid groups (broad SMARTS) is 1. The first kappa shape index (κ1) is 18.4. The molecule has 3 aromatic rings. The van der Waals surface area contributed by atoms with Crippen LogP contribution in [0.5, 0.6) is 0 Å². The molecule has 1 aromatic carbocycles. The van der Waals surface area contributed by atoms with Gasteiger partial charge < -0.3 is 10.2 Å². The fourth-order valence-electron chi connectivity index (χ4n) is 3.06. The first-order valence-corrected chi connectivity index (χ1v) is 8.71. The number of hydrogen-bond donors (Lipinski definition) is 2. The number of fused-ring (bicyclic) bond motifs is 1. The van der Waals surface area contributed by atoms with E-state index in [4.69, 9.17) is 11.6 Å². The van der Waals surface area contributed by atoms with Crippen LogP contribution in [0.2, 0.25) is 5.02 Å². The fourth-order valence-corrected chi connectivity index (χ4v) is 3.25. The topological polar surface area (TPSA) is 87.7 Å². The normalized spacial score (nSPS) is 12.7. The molecular weight excluding hydrogens is 354 g/mol. The Morgan fingerprint density at radius 2 is 2.04 bits per heavy atom. The standard InChI is InChI=1S/C19H20ClN3O3/c1-10(2)7-15-17(18(24)19(25)26)11(3)21-16-9-14(22-23(15)16)12-5-4-6-13(20)8-12/h4-6,8-10,18,24H,7H2,1-3H3,(H,25,26). The highest BCUT2D eigenvalue weighted by Crippen LogP contribution is 2.28. The Bertz CT molecular complexity index is 982. The first-order chi connectivity index (χ1) is 12.3. The summed E-state index contributed by atoms with van der Waals surface area (Å²) in [5.74, 6) is -1.06. The number of aliphatic hydroxyl groups excluding tert-OH is 1. The number of aryl methyl sites for hydroxylation is 1. The molecule has 26 heavy (non-hydrogen) atoms. The van der Waals surface area contributed by atoms with Crippen LogP contribution >= 0.6 is 11.6 Å². The Morgan fingerprint density at radius 3 is 2.65 bits per heavy atom. The average Bonchev–Trinajstić information content (AvgIpc) is 2.97. The zero-order chi connectivity index (χ0) is 19.0. The number of nitrogens with zero attached hydrogens (tertiary/aromatic N) is 3. The summed E-state index contributed by atoms with van der Waals surface area (Å²) in [6, 6.07) is 9.17. The molecule has 0 amide bonds. The molecule has 0 aliphatic heterocycles. The minimum absolute atomic E-state index is 0.249. The summed E-state index contributed by atoms with van der Waals surface area (Å²) in [4.78, 5) is 15.8. The summed E-state index contributed by atoms with van der Waals surface area (Å²) in [6.07, 6.45) is -1.07. The maximum Gasteiger partial charge on any atom is 0.337 e. The molecule has 2 N–H and O–H groups in total. The van der Waals surface area contributed by atoms with Gasteiger partial charge in [-0.1, -0.05) is 37.6 Å². The Balaban J connectivity index is 2.26. The van der Waals surface area contributed by atoms with Crippen LogP contribution in [0.25, 0.3) is 16.9 Å². The van der Waals surface area contributed by atoms with Gasteiger partial charge in [0.25, 0.3) is 0 Å². The molecule has 2 heterocycles. The molecule has 0 saturated heterocycles. The molecule has 0 aliphatic carbocycles. The van der Waals surface area contributed by atoms with Crippen LogP contribution in [0.4, 0.5) is 0 Å². The molecule has 0 spiro atoms. The van der Waals surface area contributed by atoms with Gasteiger partial charge in [-0.25, -0.2) is 14.3 Å². The summed E-state index contributed by atoms with van der Waals surface area (Å²) in [7, 11) is 0. The lowest BCUT2D eigenvalue weighted by molar-refractivity contribution is -0.147. The molecule has 1 unspecified atom stereocenters. The van der Waals surface area contributed by atoms with Gasteiger partial charge >= 0.3 is 5.97 Å². The maximum atomic E-state index is 11.4. The van der Waals surface area contributed by atoms with Crippen molar-refractivity contribution in [3.05, 3.63) is 52.3 Å². The summed E-state index contributed by atoms with van der Waals surface area (Å²) < 4.78 is 1.63. The zero-order valence-corrected chi connectivity index (χ0v) is 15.5. The van der Waals surface area contributed by atoms with E-state index in [9.17, 15) is 15.0 Å². The Morgan fingerprint density at radius 1 is 1.31 bits per heavy atom. The second kappa shape index (κ2) is 7.05. The zero-order valence-electron chi connectivity index (χ0n) is 14.8. The lowest BCUT2D eigenvalue weighted by Gasteiger charge is -2.17. The van der Waals surface area contributed by atoms with Crippen LogP contribution in [0.15, 0.2) is 30.3 Å². The smallest absolute Gasteiger partial charge is 0.337 e. The number of aliphatic carboxylic acids is 1. The highest BCUT2D eigenvalue weighted by atomic mass is 35.5. The number of carboxylic acids is 1. The van der Waals surface area contributed by atoms with Crippen molar-refractivity contribution >= 4 is 23.2 Å². The Labute approximate surface area is 156 Å². The van der Waals surface area contributed by atoms with Gasteiger partial charge in [-0.3, -0.25) is 0 Å². The number of aromatic nitrogens is 3. The monoisotopic (exact) mass is 373 g/mol. The summed E-state index contributed by atoms with van der Waals surface area (Å²) in [5.41, 5.74) is 3.59. The summed E-state index contributed by atoms with van der Waals surface area (Å²) in [5, 5.41) is 24.7. The van der Waals surface area contributed by atoms with Crippen LogP contribution in [-0.4, -0.2) is 30.8 Å². The molecule has 0 fully saturated rings. The van der Waals surface area contributed by atoms with E-state index >= 15 is 0 Å². The van der Waals surface area contributed by atoms with Gasteiger partial charge in [0.1, 0.15) is 0 Å². The second-order valence-corrected chi connectivity index (χ2v) is 7.14. The maximum absolute atomic E-state index is 11.4. The van der Waals surface area contributed by atoms with E-state index in [0.29, 0.717) is 39.7 Å². The van der Waals surface area contributed by atoms with Crippen molar-refractivity contribution < 1.29 is 15.0 Å². The third-order valence-corrected chi connectivity index (χ3v) is 4.39. The third kappa shape index (κ3) is 3.43. The van der Waals surface area contributed by atoms with Crippen LogP contribution < -0.4 is 0 Å². The predicted octanol–water partition coefficient (Wildman–Crippen LogP) is 3.67. The first-order valence-electron chi connectivity index (χ1n) is 8.34. The minimum atomic E-state index is -1.64. The average molecular weight is 374 g/mol. The number of halogens is 1. The lowest BCUT2D eigenvalue weighted by atomic mass is 9.98. The Hall–Kier alpha value is -2.44. The molecule has 0 radical (unpaired) electrons. The van der Waals surface area contributed by atoms with Gasteiger partial charge in [0, 0.05) is 27.9 Å². The van der Waals surface area contributed by atoms with Gasteiger partial charge in [0.05, 0.1) is 11.4 Å². The summed E-state index contributed by atoms with van der Waals surface area (Å²) in [6.45, 7) is 5.76. The molecule has 1 atom stereocenters. The van der Waals surface area contributed by atoms with Crippen LogP contribution in [-0.2, 0) is 11.2 Å². The Kier molecular flexibility index (Phi) is 4.98. The summed E-state index contributed by atoms with van der Waals surface area (Å²) >= 11 is 6.07. The minimum Gasteiger partial charge on any atom is -0.479 e. The van der Waals surface area contributed by atoms with Gasteiger partial charge in [0.2, 0.25) is 0 Å². The van der Waals surface area contributed by atoms with Gasteiger partial charge in [-0.15, -0.1) is 0 Å². The van der Waals surface area contributed by atoms with E-state index in [0.717, 1.165) is 5.56 Å². The van der Waals surface area contributed by atoms with Crippen molar-refractivity contribution in [1.82, 2.24) is 14.6 Å². The van der Waals surface area contributed by atoms with Crippen LogP contribution in [0.1, 0.15) is 36.9 Å². The van der Waals surface area contributed by atoms with Crippen molar-refractivity contribution in [2.45, 2.75) is 33.3 Å². The largest absolute Gasteiger partial charge is 0.479 e. The third-order valence-electron chi connectivity index (χ3n) is 4.16. The van der Waals surface area contributed by atoms with Crippen LogP contribution in [0, 0.1) is 12.8 Å². The van der Waals surface area contributed by atoms with Crippen LogP contribution in [0.3, 0.4) is 0 Å². The van der Waals surface area contributed by atoms with E-state index in [1.54, 1.807) is 17.5 Å². The quantitative estimate of drug-likeness (QED) is 0.712.